The number of hydrogen-bond acceptors (Lipinski definition) is 3. The maximum absolute atomic E-state index is 10.1. The van der Waals surface area contributed by atoms with Crippen molar-refractivity contribution in [3.05, 3.63) is 45.4 Å². The van der Waals surface area contributed by atoms with E-state index < -0.39 is 4.92 Å². The van der Waals surface area contributed by atoms with Crippen LogP contribution >= 0.6 is 0 Å². The molecule has 1 radical (unpaired) electrons. The van der Waals surface area contributed by atoms with Gasteiger partial charge in [0, 0.05) is 11.8 Å². The fraction of sp³-hybridized carbons (Fsp3) is 0.143. The lowest BCUT2D eigenvalue weighted by Crippen LogP contribution is -2.01. The standard InChI is InChI=1S/C7H6NO3/c1-5-2-3-6(8(10)11)4-7(5)9/h2-3,9H,1H3. The molecule has 4 heteroatoms. The molecule has 0 saturated heterocycles. The Morgan fingerprint density at radius 3 is 2.73 bits per heavy atom. The maximum atomic E-state index is 10.1. The summed E-state index contributed by atoms with van der Waals surface area (Å²) >= 11 is 0. The average Bonchev–Trinajstić information content (AvgIpc) is 1.94. The molecule has 0 saturated carbocycles. The summed E-state index contributed by atoms with van der Waals surface area (Å²) in [5.41, 5.74) is 2.02. The van der Waals surface area contributed by atoms with Crippen LogP contribution in [0.1, 0.15) is 6.92 Å². The molecule has 0 heterocycles. The van der Waals surface area contributed by atoms with Crippen molar-refractivity contribution in [1.29, 1.82) is 0 Å². The third kappa shape index (κ3) is 1.48. The summed E-state index contributed by atoms with van der Waals surface area (Å²) in [4.78, 5) is 9.53. The van der Waals surface area contributed by atoms with Crippen LogP contribution in [-0.4, -0.2) is 10.0 Å². The van der Waals surface area contributed by atoms with Gasteiger partial charge < -0.3 is 5.11 Å². The van der Waals surface area contributed by atoms with Crippen LogP contribution in [0.5, 0.6) is 0 Å². The second-order valence-corrected chi connectivity index (χ2v) is 2.13. The molecule has 0 spiro atoms. The van der Waals surface area contributed by atoms with Gasteiger partial charge in [0.2, 0.25) is 0 Å². The van der Waals surface area contributed by atoms with Crippen LogP contribution in [0.15, 0.2) is 29.3 Å². The highest BCUT2D eigenvalue weighted by atomic mass is 16.6. The van der Waals surface area contributed by atoms with Crippen LogP contribution in [0, 0.1) is 16.0 Å². The lowest BCUT2D eigenvalue weighted by atomic mass is 10.1. The molecular formula is C7H6NO3. The van der Waals surface area contributed by atoms with E-state index in [4.69, 9.17) is 5.11 Å². The average molecular weight is 152 g/mol. The summed E-state index contributed by atoms with van der Waals surface area (Å²) in [5, 5.41) is 19.1. The molecule has 0 aromatic carbocycles. The molecule has 0 aliphatic heterocycles. The molecule has 4 nitrogen and oxygen atoms in total. The first-order valence-electron chi connectivity index (χ1n) is 2.97. The fourth-order valence-electron chi connectivity index (χ4n) is 0.651. The van der Waals surface area contributed by atoms with E-state index >= 15 is 0 Å². The molecule has 0 fully saturated rings. The Bertz CT molecular complexity index is 284. The van der Waals surface area contributed by atoms with E-state index in [2.05, 4.69) is 5.73 Å². The van der Waals surface area contributed by atoms with Gasteiger partial charge in [-0.05, 0) is 6.92 Å². The molecule has 1 aliphatic rings. The van der Waals surface area contributed by atoms with Crippen molar-refractivity contribution in [1.82, 2.24) is 0 Å². The minimum Gasteiger partial charge on any atom is -0.503 e. The minimum atomic E-state index is -0.598. The molecule has 1 rings (SSSR count). The fourth-order valence-corrected chi connectivity index (χ4v) is 0.651. The molecule has 0 atom stereocenters. The van der Waals surface area contributed by atoms with Crippen molar-refractivity contribution in [2.24, 2.45) is 0 Å². The molecule has 0 amide bonds. The van der Waals surface area contributed by atoms with Crippen molar-refractivity contribution < 1.29 is 10.0 Å². The Balaban J connectivity index is 3.09. The summed E-state index contributed by atoms with van der Waals surface area (Å²) in [7, 11) is 0. The van der Waals surface area contributed by atoms with E-state index in [0.29, 0.717) is 5.92 Å². The van der Waals surface area contributed by atoms with Crippen LogP contribution in [0.4, 0.5) is 0 Å². The molecule has 0 unspecified atom stereocenters. The Hall–Kier alpha value is -1.54. The molecule has 1 aliphatic carbocycles. The number of aliphatic hydroxyl groups excluding tert-OH is 1. The zero-order chi connectivity index (χ0) is 8.43. The van der Waals surface area contributed by atoms with E-state index in [0.717, 1.165) is 0 Å². The predicted molar refractivity (Wildman–Crippen MR) is 38.2 cm³/mol. The summed E-state index contributed by atoms with van der Waals surface area (Å²) in [5.74, 6) is 0.412. The van der Waals surface area contributed by atoms with Crippen LogP contribution < -0.4 is 0 Å². The van der Waals surface area contributed by atoms with Gasteiger partial charge in [0.15, 0.2) is 5.76 Å². The summed E-state index contributed by atoms with van der Waals surface area (Å²) in [6.07, 6.45) is 2.78. The quantitative estimate of drug-likeness (QED) is 0.350. The van der Waals surface area contributed by atoms with E-state index in [1.165, 1.54) is 12.2 Å². The van der Waals surface area contributed by atoms with Crippen molar-refractivity contribution in [3.63, 3.8) is 0 Å². The Kier molecular flexibility index (Phi) is 1.79. The lowest BCUT2D eigenvalue weighted by molar-refractivity contribution is -0.418. The van der Waals surface area contributed by atoms with Gasteiger partial charge in [0.05, 0.1) is 10.8 Å². The van der Waals surface area contributed by atoms with Crippen molar-refractivity contribution in [2.45, 2.75) is 6.92 Å². The molecule has 11 heavy (non-hydrogen) atoms. The van der Waals surface area contributed by atoms with Crippen LogP contribution in [0.2, 0.25) is 0 Å². The Labute approximate surface area is 63.3 Å². The second-order valence-electron chi connectivity index (χ2n) is 2.13. The van der Waals surface area contributed by atoms with Crippen molar-refractivity contribution in [2.75, 3.05) is 0 Å². The number of hydrogen-bond donors (Lipinski definition) is 1. The first-order chi connectivity index (χ1) is 5.11. The molecular weight excluding hydrogens is 146 g/mol. The molecule has 0 aromatic heterocycles. The van der Waals surface area contributed by atoms with Crippen molar-refractivity contribution >= 4 is 0 Å². The number of allylic oxidation sites excluding steroid dienone is 1. The topological polar surface area (TPSA) is 63.4 Å². The molecule has 0 bridgehead atoms. The third-order valence-electron chi connectivity index (χ3n) is 1.31. The van der Waals surface area contributed by atoms with Crippen LogP contribution in [-0.2, 0) is 0 Å². The monoisotopic (exact) mass is 152 g/mol. The van der Waals surface area contributed by atoms with Gasteiger partial charge in [0.25, 0.3) is 0 Å². The molecule has 1 N–H and O–H groups in total. The van der Waals surface area contributed by atoms with E-state index in [-0.39, 0.29) is 11.5 Å². The SMILES string of the molecule is C[C]1C=CC([N+](=O)[O-])=C=C1O. The minimum absolute atomic E-state index is 0.167. The molecule has 0 aromatic rings. The highest BCUT2D eigenvalue weighted by molar-refractivity contribution is 5.34. The zero-order valence-corrected chi connectivity index (χ0v) is 5.87. The Morgan fingerprint density at radius 1 is 1.64 bits per heavy atom. The van der Waals surface area contributed by atoms with Gasteiger partial charge in [-0.2, -0.15) is 0 Å². The highest BCUT2D eigenvalue weighted by Crippen LogP contribution is 2.16. The number of nitro groups is 1. The van der Waals surface area contributed by atoms with E-state index in [1.807, 2.05) is 0 Å². The van der Waals surface area contributed by atoms with E-state index in [1.54, 1.807) is 6.92 Å². The smallest absolute Gasteiger partial charge is 0.314 e. The molecule has 57 valence electrons. The van der Waals surface area contributed by atoms with Crippen molar-refractivity contribution in [3.8, 4) is 0 Å². The highest BCUT2D eigenvalue weighted by Gasteiger charge is 2.14. The summed E-state index contributed by atoms with van der Waals surface area (Å²) in [6.45, 7) is 1.65. The Morgan fingerprint density at radius 2 is 2.27 bits per heavy atom. The summed E-state index contributed by atoms with van der Waals surface area (Å²) in [6, 6.07) is 0. The largest absolute Gasteiger partial charge is 0.503 e. The van der Waals surface area contributed by atoms with E-state index in [9.17, 15) is 10.1 Å². The predicted octanol–water partition coefficient (Wildman–Crippen LogP) is 1.35. The zero-order valence-electron chi connectivity index (χ0n) is 5.87. The maximum Gasteiger partial charge on any atom is 0.314 e. The van der Waals surface area contributed by atoms with Gasteiger partial charge in [-0.1, -0.05) is 6.08 Å². The second kappa shape index (κ2) is 2.60. The third-order valence-corrected chi connectivity index (χ3v) is 1.31. The lowest BCUT2D eigenvalue weighted by Gasteiger charge is -2.03. The van der Waals surface area contributed by atoms with Gasteiger partial charge in [-0.25, -0.2) is 0 Å². The number of rotatable bonds is 1. The van der Waals surface area contributed by atoms with Gasteiger partial charge in [-0.3, -0.25) is 10.1 Å². The van der Waals surface area contributed by atoms with Gasteiger partial charge in [0.1, 0.15) is 0 Å². The number of aliphatic hydroxyl groups is 1. The van der Waals surface area contributed by atoms with Gasteiger partial charge >= 0.3 is 5.70 Å². The van der Waals surface area contributed by atoms with Crippen LogP contribution in [0.3, 0.4) is 0 Å². The normalized spacial score (nSPS) is 17.5. The van der Waals surface area contributed by atoms with Gasteiger partial charge in [-0.15, -0.1) is 0 Å². The number of nitrogens with zero attached hydrogens (tertiary/aromatic N) is 1. The van der Waals surface area contributed by atoms with Crippen LogP contribution in [0.25, 0.3) is 0 Å². The first-order valence-corrected chi connectivity index (χ1v) is 2.97. The summed E-state index contributed by atoms with van der Waals surface area (Å²) < 4.78 is 0. The first kappa shape index (κ1) is 7.57.